The van der Waals surface area contributed by atoms with Crippen molar-refractivity contribution in [2.75, 3.05) is 19.8 Å². The third-order valence-electron chi connectivity index (χ3n) is 9.55. The van der Waals surface area contributed by atoms with Gasteiger partial charge in [0.25, 0.3) is 0 Å². The van der Waals surface area contributed by atoms with Gasteiger partial charge in [0.05, 0.1) is 13.2 Å². The second-order valence-electron chi connectivity index (χ2n) is 12.9. The number of nitrogens with one attached hydrogen (secondary N) is 1. The average Bonchev–Trinajstić information content (AvgIpc) is 3.60. The number of benzene rings is 1. The number of hydrogen-bond donors (Lipinski definition) is 2. The van der Waals surface area contributed by atoms with E-state index in [0.717, 1.165) is 44.6 Å². The number of amides is 1. The van der Waals surface area contributed by atoms with E-state index in [4.69, 9.17) is 19.0 Å². The Bertz CT molecular complexity index is 1330. The molecule has 5 rings (SSSR count). The minimum Gasteiger partial charge on any atom is -0.458 e. The van der Waals surface area contributed by atoms with Crippen LogP contribution in [0.15, 0.2) is 30.3 Å². The first kappa shape index (κ1) is 36.2. The summed E-state index contributed by atoms with van der Waals surface area (Å²) in [5.41, 5.74) is -0.398. The Balaban J connectivity index is 1.45. The number of ether oxygens (including phenoxy) is 4. The van der Waals surface area contributed by atoms with Crippen LogP contribution in [0.2, 0.25) is 0 Å². The number of aliphatic hydroxyl groups is 1. The van der Waals surface area contributed by atoms with E-state index < -0.39 is 72.3 Å². The summed E-state index contributed by atoms with van der Waals surface area (Å²) in [6.45, 7) is 2.16. The van der Waals surface area contributed by atoms with Gasteiger partial charge >= 0.3 is 18.1 Å². The maximum atomic E-state index is 14.1. The maximum absolute atomic E-state index is 14.1. The standard InChI is InChI=1S/C34H45F3N2O9/c1-3-5-9-15-32(16-10-6-4-2)46-26-24-19-33(31(43)38-17-18-40)28(30(42)45-24)39(48-29(33)27(26)47-32)20-23-12-8-7-11-22(23)13-14-25(41)44-21-34(35,36)37/h7-8,11-14,24,26-29,40H,3-6,9-10,15-21H2,1-2H3,(H,38,43). The molecule has 1 amide bonds. The van der Waals surface area contributed by atoms with Gasteiger partial charge in [0.2, 0.25) is 5.91 Å². The smallest absolute Gasteiger partial charge is 0.422 e. The maximum Gasteiger partial charge on any atom is 0.422 e. The molecule has 11 nitrogen and oxygen atoms in total. The second kappa shape index (κ2) is 15.2. The van der Waals surface area contributed by atoms with Gasteiger partial charge in [-0.1, -0.05) is 63.8 Å². The summed E-state index contributed by atoms with van der Waals surface area (Å²) in [6.07, 6.45) is 1.68. The first-order valence-electron chi connectivity index (χ1n) is 16.8. The number of carbonyl (C=O) groups is 3. The number of hydrogen-bond acceptors (Lipinski definition) is 10. The van der Waals surface area contributed by atoms with Gasteiger partial charge in [0.15, 0.2) is 18.4 Å². The lowest BCUT2D eigenvalue weighted by Crippen LogP contribution is -2.69. The fourth-order valence-electron chi connectivity index (χ4n) is 7.40. The molecule has 1 aromatic rings. The fraction of sp³-hybridized carbons (Fsp3) is 0.676. The number of unbranched alkanes of at least 4 members (excludes halogenated alkanes) is 4. The third kappa shape index (κ3) is 7.57. The lowest BCUT2D eigenvalue weighted by atomic mass is 9.62. The highest BCUT2D eigenvalue weighted by atomic mass is 19.4. The topological polar surface area (TPSA) is 133 Å². The summed E-state index contributed by atoms with van der Waals surface area (Å²) >= 11 is 0. The Hall–Kier alpha value is -3.04. The number of hydroxylamine groups is 2. The van der Waals surface area contributed by atoms with Crippen LogP contribution in [0.4, 0.5) is 13.2 Å². The van der Waals surface area contributed by atoms with Crippen molar-refractivity contribution >= 4 is 23.9 Å². The van der Waals surface area contributed by atoms with E-state index in [2.05, 4.69) is 23.9 Å². The zero-order chi connectivity index (χ0) is 34.5. The molecule has 4 aliphatic rings. The van der Waals surface area contributed by atoms with Crippen molar-refractivity contribution in [1.29, 1.82) is 0 Å². The lowest BCUT2D eigenvalue weighted by molar-refractivity contribution is -0.224. The molecular weight excluding hydrogens is 637 g/mol. The van der Waals surface area contributed by atoms with E-state index in [1.165, 1.54) is 11.1 Å². The molecule has 3 aliphatic heterocycles. The first-order chi connectivity index (χ1) is 23.0. The van der Waals surface area contributed by atoms with E-state index in [0.29, 0.717) is 24.0 Å². The quantitative estimate of drug-likeness (QED) is 0.147. The van der Waals surface area contributed by atoms with Crippen LogP contribution < -0.4 is 5.32 Å². The monoisotopic (exact) mass is 682 g/mol. The number of carbonyl (C=O) groups excluding carboxylic acids is 3. The van der Waals surface area contributed by atoms with Crippen molar-refractivity contribution in [3.63, 3.8) is 0 Å². The molecule has 0 aromatic heterocycles. The van der Waals surface area contributed by atoms with Crippen molar-refractivity contribution in [3.8, 4) is 0 Å². The Kier molecular flexibility index (Phi) is 11.5. The molecule has 3 heterocycles. The molecule has 1 aromatic carbocycles. The van der Waals surface area contributed by atoms with Crippen LogP contribution in [0.5, 0.6) is 0 Å². The average molecular weight is 683 g/mol. The minimum absolute atomic E-state index is 0.0266. The molecule has 48 heavy (non-hydrogen) atoms. The van der Waals surface area contributed by atoms with Crippen molar-refractivity contribution in [2.45, 2.75) is 121 Å². The van der Waals surface area contributed by atoms with E-state index in [1.54, 1.807) is 24.3 Å². The van der Waals surface area contributed by atoms with Crippen molar-refractivity contribution < 1.29 is 56.4 Å². The number of nitrogens with zero attached hydrogens (tertiary/aromatic N) is 1. The highest BCUT2D eigenvalue weighted by Gasteiger charge is 2.76. The summed E-state index contributed by atoms with van der Waals surface area (Å²) in [4.78, 5) is 46.4. The second-order valence-corrected chi connectivity index (χ2v) is 12.9. The van der Waals surface area contributed by atoms with Crippen LogP contribution in [0.25, 0.3) is 6.08 Å². The minimum atomic E-state index is -4.66. The van der Waals surface area contributed by atoms with E-state index in [1.807, 2.05) is 0 Å². The zero-order valence-corrected chi connectivity index (χ0v) is 27.3. The van der Waals surface area contributed by atoms with Crippen molar-refractivity contribution in [3.05, 3.63) is 41.5 Å². The predicted molar refractivity (Wildman–Crippen MR) is 164 cm³/mol. The summed E-state index contributed by atoms with van der Waals surface area (Å²) in [5.74, 6) is -3.21. The molecule has 2 N–H and O–H groups in total. The lowest BCUT2D eigenvalue weighted by Gasteiger charge is -2.48. The SMILES string of the molecule is CCCCCC1(CCCCC)OC2C3CC4(C(=O)NCCO)C(ON(Cc5ccccc5C=CC(=O)OCC(F)(F)F)C4C(=O)O3)C2O1. The van der Waals surface area contributed by atoms with Crippen LogP contribution >= 0.6 is 0 Å². The molecule has 1 saturated carbocycles. The van der Waals surface area contributed by atoms with Gasteiger partial charge < -0.3 is 29.4 Å². The highest BCUT2D eigenvalue weighted by molar-refractivity contribution is 5.93. The molecule has 6 unspecified atom stereocenters. The Morgan fingerprint density at radius 1 is 1.08 bits per heavy atom. The van der Waals surface area contributed by atoms with Gasteiger partial charge in [-0.15, -0.1) is 0 Å². The summed E-state index contributed by atoms with van der Waals surface area (Å²) < 4.78 is 61.3. The van der Waals surface area contributed by atoms with E-state index >= 15 is 0 Å². The summed E-state index contributed by atoms with van der Waals surface area (Å²) in [7, 11) is 0. The largest absolute Gasteiger partial charge is 0.458 e. The molecule has 3 saturated heterocycles. The van der Waals surface area contributed by atoms with Gasteiger partial charge in [-0.3, -0.25) is 14.4 Å². The predicted octanol–water partition coefficient (Wildman–Crippen LogP) is 4.35. The van der Waals surface area contributed by atoms with Crippen molar-refractivity contribution in [2.24, 2.45) is 5.41 Å². The highest BCUT2D eigenvalue weighted by Crippen LogP contribution is 2.58. The van der Waals surface area contributed by atoms with Crippen LogP contribution in [-0.2, 0) is 44.7 Å². The van der Waals surface area contributed by atoms with Crippen molar-refractivity contribution in [1.82, 2.24) is 10.4 Å². The number of esters is 2. The van der Waals surface area contributed by atoms with Crippen LogP contribution in [0.3, 0.4) is 0 Å². The first-order valence-corrected chi connectivity index (χ1v) is 16.8. The Labute approximate surface area is 278 Å². The van der Waals surface area contributed by atoms with E-state index in [9.17, 15) is 32.7 Å². The summed E-state index contributed by atoms with van der Waals surface area (Å²) in [6, 6.07) is 5.60. The molecule has 0 spiro atoms. The van der Waals surface area contributed by atoms with Gasteiger partial charge in [-0.05, 0) is 30.0 Å². The molecule has 1 aliphatic carbocycles. The molecule has 14 heteroatoms. The van der Waals surface area contributed by atoms with Crippen LogP contribution in [0.1, 0.15) is 82.8 Å². The molecular formula is C34H45F3N2O9. The number of alkyl halides is 3. The molecule has 6 atom stereocenters. The number of halogens is 3. The third-order valence-corrected chi connectivity index (χ3v) is 9.55. The van der Waals surface area contributed by atoms with Gasteiger partial charge in [0.1, 0.15) is 29.8 Å². The Morgan fingerprint density at radius 2 is 1.77 bits per heavy atom. The van der Waals surface area contributed by atoms with Gasteiger partial charge in [-0.2, -0.15) is 18.2 Å². The zero-order valence-electron chi connectivity index (χ0n) is 27.3. The normalized spacial score (nSPS) is 29.1. The Morgan fingerprint density at radius 3 is 2.44 bits per heavy atom. The number of rotatable bonds is 16. The molecule has 2 bridgehead atoms. The summed E-state index contributed by atoms with van der Waals surface area (Å²) in [5, 5.41) is 13.7. The van der Waals surface area contributed by atoms with Gasteiger partial charge in [0, 0.05) is 31.9 Å². The number of aliphatic hydroxyl groups excluding tert-OH is 1. The molecule has 266 valence electrons. The van der Waals surface area contributed by atoms with Gasteiger partial charge in [-0.25, -0.2) is 4.79 Å². The van der Waals surface area contributed by atoms with Crippen LogP contribution in [0, 0.1) is 5.41 Å². The fourth-order valence-corrected chi connectivity index (χ4v) is 7.40. The number of fused-ring (bicyclic) bond motifs is 4. The van der Waals surface area contributed by atoms with E-state index in [-0.39, 0.29) is 26.1 Å². The van der Waals surface area contributed by atoms with Crippen LogP contribution in [-0.4, -0.2) is 90.2 Å². The molecule has 0 radical (unpaired) electrons. The molecule has 4 fully saturated rings.